The molecule has 364 valence electrons. The summed E-state index contributed by atoms with van der Waals surface area (Å²) < 4.78 is 16.8. The van der Waals surface area contributed by atoms with E-state index >= 15 is 0 Å². The number of carbonyl (C=O) groups excluding carboxylic acids is 3. The third kappa shape index (κ3) is 50.0. The molecule has 0 aliphatic carbocycles. The van der Waals surface area contributed by atoms with Gasteiger partial charge in [0.15, 0.2) is 6.10 Å². The van der Waals surface area contributed by atoms with Gasteiger partial charge in [-0.25, -0.2) is 0 Å². The van der Waals surface area contributed by atoms with Gasteiger partial charge in [-0.3, -0.25) is 14.4 Å². The lowest BCUT2D eigenvalue weighted by molar-refractivity contribution is -0.167. The molecule has 0 N–H and O–H groups in total. The van der Waals surface area contributed by atoms with Crippen LogP contribution in [0.3, 0.4) is 0 Å². The molecule has 0 fully saturated rings. The Kier molecular flexibility index (Phi) is 49.4. The zero-order chi connectivity index (χ0) is 45.8. The van der Waals surface area contributed by atoms with E-state index in [9.17, 15) is 14.4 Å². The summed E-state index contributed by atoms with van der Waals surface area (Å²) in [5.41, 5.74) is 0. The number of hydrogen-bond donors (Lipinski definition) is 0. The van der Waals surface area contributed by atoms with E-state index in [-0.39, 0.29) is 31.1 Å². The molecule has 0 aliphatic heterocycles. The lowest BCUT2D eigenvalue weighted by Crippen LogP contribution is -2.30. The molecule has 0 amide bonds. The van der Waals surface area contributed by atoms with Gasteiger partial charge in [-0.15, -0.1) is 0 Å². The van der Waals surface area contributed by atoms with E-state index in [1.165, 1.54) is 122 Å². The summed E-state index contributed by atoms with van der Waals surface area (Å²) in [5, 5.41) is 0. The van der Waals surface area contributed by atoms with Crippen LogP contribution in [0.15, 0.2) is 60.8 Å². The molecular formula is C57H100O6. The average molecular weight is 881 g/mol. The van der Waals surface area contributed by atoms with E-state index < -0.39 is 6.10 Å². The number of unbranched alkanes of at least 4 members (excludes halogenated alkanes) is 27. The maximum atomic E-state index is 12.8. The predicted molar refractivity (Wildman–Crippen MR) is 270 cm³/mol. The van der Waals surface area contributed by atoms with Gasteiger partial charge in [0.2, 0.25) is 0 Å². The highest BCUT2D eigenvalue weighted by Crippen LogP contribution is 2.14. The second-order valence-electron chi connectivity index (χ2n) is 17.8. The Morgan fingerprint density at radius 3 is 0.921 bits per heavy atom. The van der Waals surface area contributed by atoms with Gasteiger partial charge < -0.3 is 14.2 Å². The lowest BCUT2D eigenvalue weighted by Gasteiger charge is -2.18. The molecule has 0 spiro atoms. The molecule has 0 heterocycles. The molecule has 0 unspecified atom stereocenters. The van der Waals surface area contributed by atoms with Crippen LogP contribution >= 0.6 is 0 Å². The number of ether oxygens (including phenoxy) is 3. The SMILES string of the molecule is CCCCC/C=C\C/C=C\CCCCCCCC(=O)OC[C@H](COC(=O)CCCCCCCCC/C=C\CCCCCC)OC(=O)CCCCCCC/C=C\C/C=C\CCCCC. The van der Waals surface area contributed by atoms with Crippen molar-refractivity contribution in [3.63, 3.8) is 0 Å². The highest BCUT2D eigenvalue weighted by Gasteiger charge is 2.19. The zero-order valence-electron chi connectivity index (χ0n) is 41.6. The number of allylic oxidation sites excluding steroid dienone is 10. The van der Waals surface area contributed by atoms with Crippen molar-refractivity contribution in [3.05, 3.63) is 60.8 Å². The summed E-state index contributed by atoms with van der Waals surface area (Å²) in [6.45, 7) is 6.56. The van der Waals surface area contributed by atoms with Gasteiger partial charge >= 0.3 is 17.9 Å². The van der Waals surface area contributed by atoms with Gasteiger partial charge in [-0.1, -0.05) is 197 Å². The fourth-order valence-corrected chi connectivity index (χ4v) is 7.38. The van der Waals surface area contributed by atoms with Crippen LogP contribution in [0.25, 0.3) is 0 Å². The van der Waals surface area contributed by atoms with Gasteiger partial charge in [0.25, 0.3) is 0 Å². The Labute approximate surface area is 390 Å². The predicted octanol–water partition coefficient (Wildman–Crippen LogP) is 17.6. The summed E-state index contributed by atoms with van der Waals surface area (Å²) >= 11 is 0. The van der Waals surface area contributed by atoms with Crippen LogP contribution in [0, 0.1) is 0 Å². The first kappa shape index (κ1) is 60.1. The van der Waals surface area contributed by atoms with Crippen molar-refractivity contribution in [1.82, 2.24) is 0 Å². The fraction of sp³-hybridized carbons (Fsp3) is 0.772. The minimum absolute atomic E-state index is 0.0864. The molecule has 0 saturated heterocycles. The van der Waals surface area contributed by atoms with Crippen LogP contribution in [0.4, 0.5) is 0 Å². The van der Waals surface area contributed by atoms with Crippen LogP contribution in [0.1, 0.15) is 265 Å². The first-order chi connectivity index (χ1) is 31.0. The van der Waals surface area contributed by atoms with Crippen molar-refractivity contribution < 1.29 is 28.6 Å². The standard InChI is InChI=1S/C57H100O6/c1-4-7-10-13-16-19-22-25-28-31-34-37-40-43-46-49-55(58)61-52-54(63-57(60)51-48-45-42-39-36-33-30-27-24-21-18-15-12-9-6-3)53-62-56(59)50-47-44-41-38-35-32-29-26-23-20-17-14-11-8-5-2/h16,18-21,23,25,27-28,30,54H,4-15,17,22,24,26,29,31-53H2,1-3H3/b19-16-,21-18-,23-20-,28-25-,30-27-/t54-/m1/s1. The summed E-state index contributed by atoms with van der Waals surface area (Å²) in [6, 6.07) is 0. The van der Waals surface area contributed by atoms with Crippen LogP contribution in [-0.4, -0.2) is 37.2 Å². The minimum Gasteiger partial charge on any atom is -0.462 e. The van der Waals surface area contributed by atoms with Crippen LogP contribution in [0.2, 0.25) is 0 Å². The molecule has 0 saturated carbocycles. The second kappa shape index (κ2) is 51.7. The Balaban J connectivity index is 4.43. The van der Waals surface area contributed by atoms with E-state index in [0.717, 1.165) is 103 Å². The minimum atomic E-state index is -0.788. The van der Waals surface area contributed by atoms with Crippen molar-refractivity contribution in [2.75, 3.05) is 13.2 Å². The van der Waals surface area contributed by atoms with Crippen molar-refractivity contribution >= 4 is 17.9 Å². The first-order valence-electron chi connectivity index (χ1n) is 26.8. The van der Waals surface area contributed by atoms with Crippen LogP contribution < -0.4 is 0 Å². The molecule has 0 rings (SSSR count). The lowest BCUT2D eigenvalue weighted by atomic mass is 10.1. The molecule has 0 radical (unpaired) electrons. The van der Waals surface area contributed by atoms with E-state index in [2.05, 4.69) is 81.5 Å². The highest BCUT2D eigenvalue weighted by atomic mass is 16.6. The number of rotatable bonds is 48. The van der Waals surface area contributed by atoms with Crippen molar-refractivity contribution in [2.24, 2.45) is 0 Å². The van der Waals surface area contributed by atoms with E-state index in [0.29, 0.717) is 19.3 Å². The largest absolute Gasteiger partial charge is 0.462 e. The topological polar surface area (TPSA) is 78.9 Å². The van der Waals surface area contributed by atoms with Gasteiger partial charge in [-0.2, -0.15) is 0 Å². The molecule has 6 nitrogen and oxygen atoms in total. The first-order valence-corrected chi connectivity index (χ1v) is 26.8. The van der Waals surface area contributed by atoms with Crippen molar-refractivity contribution in [2.45, 2.75) is 271 Å². The molecule has 63 heavy (non-hydrogen) atoms. The maximum absolute atomic E-state index is 12.8. The number of esters is 3. The Bertz CT molecular complexity index is 1150. The third-order valence-electron chi connectivity index (χ3n) is 11.5. The molecule has 0 aliphatic rings. The summed E-state index contributed by atoms with van der Waals surface area (Å²) in [6.07, 6.45) is 63.4. The second-order valence-corrected chi connectivity index (χ2v) is 17.8. The normalized spacial score (nSPS) is 12.5. The van der Waals surface area contributed by atoms with E-state index in [4.69, 9.17) is 14.2 Å². The molecule has 0 aromatic carbocycles. The smallest absolute Gasteiger partial charge is 0.306 e. The zero-order valence-corrected chi connectivity index (χ0v) is 41.6. The molecule has 6 heteroatoms. The van der Waals surface area contributed by atoms with Gasteiger partial charge in [0, 0.05) is 19.3 Å². The van der Waals surface area contributed by atoms with E-state index in [1.54, 1.807) is 0 Å². The van der Waals surface area contributed by atoms with Crippen molar-refractivity contribution in [3.8, 4) is 0 Å². The summed E-state index contributed by atoms with van der Waals surface area (Å²) in [7, 11) is 0. The van der Waals surface area contributed by atoms with Gasteiger partial charge in [0.05, 0.1) is 0 Å². The van der Waals surface area contributed by atoms with Crippen LogP contribution in [-0.2, 0) is 28.6 Å². The Morgan fingerprint density at radius 1 is 0.317 bits per heavy atom. The Morgan fingerprint density at radius 2 is 0.571 bits per heavy atom. The fourth-order valence-electron chi connectivity index (χ4n) is 7.38. The van der Waals surface area contributed by atoms with Gasteiger partial charge in [-0.05, 0) is 109 Å². The molecule has 1 atom stereocenters. The highest BCUT2D eigenvalue weighted by molar-refractivity contribution is 5.71. The molecule has 0 bridgehead atoms. The summed E-state index contributed by atoms with van der Waals surface area (Å²) in [4.78, 5) is 38.0. The molecule has 0 aromatic heterocycles. The maximum Gasteiger partial charge on any atom is 0.306 e. The van der Waals surface area contributed by atoms with Gasteiger partial charge in [0.1, 0.15) is 13.2 Å². The summed E-state index contributed by atoms with van der Waals surface area (Å²) in [5.74, 6) is -0.913. The number of carbonyl (C=O) groups is 3. The molecular weight excluding hydrogens is 781 g/mol. The monoisotopic (exact) mass is 881 g/mol. The Hall–Kier alpha value is -2.89. The number of hydrogen-bond acceptors (Lipinski definition) is 6. The van der Waals surface area contributed by atoms with E-state index in [1.807, 2.05) is 0 Å². The third-order valence-corrected chi connectivity index (χ3v) is 11.5. The van der Waals surface area contributed by atoms with Crippen molar-refractivity contribution in [1.29, 1.82) is 0 Å². The van der Waals surface area contributed by atoms with Crippen LogP contribution in [0.5, 0.6) is 0 Å². The quantitative estimate of drug-likeness (QED) is 0.0262. The molecule has 0 aromatic rings. The average Bonchev–Trinajstić information content (AvgIpc) is 3.28.